The summed E-state index contributed by atoms with van der Waals surface area (Å²) < 4.78 is 13.1. The number of amides is 1. The topological polar surface area (TPSA) is 66.4 Å². The van der Waals surface area contributed by atoms with E-state index in [-0.39, 0.29) is 22.8 Å². The molecule has 1 aromatic rings. The van der Waals surface area contributed by atoms with Crippen LogP contribution in [-0.4, -0.2) is 17.0 Å². The van der Waals surface area contributed by atoms with E-state index in [1.807, 2.05) is 0 Å². The Morgan fingerprint density at radius 3 is 2.52 bits per heavy atom. The zero-order valence-electron chi connectivity index (χ0n) is 11.2. The van der Waals surface area contributed by atoms with Gasteiger partial charge < -0.3 is 10.4 Å². The maximum Gasteiger partial charge on any atom is 0.307 e. The van der Waals surface area contributed by atoms with Crippen molar-refractivity contribution >= 4 is 29.2 Å². The lowest BCUT2D eigenvalue weighted by Gasteiger charge is -2.27. The molecule has 4 atom stereocenters. The van der Waals surface area contributed by atoms with Gasteiger partial charge in [-0.05, 0) is 49.3 Å². The van der Waals surface area contributed by atoms with E-state index in [2.05, 4.69) is 5.32 Å². The van der Waals surface area contributed by atoms with E-state index in [4.69, 9.17) is 11.6 Å². The molecule has 2 aliphatic carbocycles. The minimum Gasteiger partial charge on any atom is -0.481 e. The molecule has 2 aliphatic rings. The molecule has 2 saturated carbocycles. The van der Waals surface area contributed by atoms with Gasteiger partial charge in [0.1, 0.15) is 5.82 Å². The predicted molar refractivity (Wildman–Crippen MR) is 75.5 cm³/mol. The van der Waals surface area contributed by atoms with E-state index < -0.39 is 23.6 Å². The van der Waals surface area contributed by atoms with Crippen molar-refractivity contribution in [2.75, 3.05) is 5.32 Å². The van der Waals surface area contributed by atoms with Crippen LogP contribution >= 0.6 is 11.6 Å². The minimum atomic E-state index is -0.903. The predicted octanol–water partition coefficient (Wildman–Crippen LogP) is 3.16. The van der Waals surface area contributed by atoms with Gasteiger partial charge in [-0.15, -0.1) is 0 Å². The van der Waals surface area contributed by atoms with Crippen LogP contribution in [0.15, 0.2) is 18.2 Å². The van der Waals surface area contributed by atoms with Crippen LogP contribution in [-0.2, 0) is 9.59 Å². The molecule has 1 amide bonds. The number of hydrogen-bond acceptors (Lipinski definition) is 2. The third-order valence-corrected chi connectivity index (χ3v) is 4.98. The van der Waals surface area contributed by atoms with Crippen LogP contribution in [0.3, 0.4) is 0 Å². The van der Waals surface area contributed by atoms with Crippen molar-refractivity contribution in [2.24, 2.45) is 23.7 Å². The van der Waals surface area contributed by atoms with Gasteiger partial charge in [0.15, 0.2) is 0 Å². The van der Waals surface area contributed by atoms with Crippen LogP contribution in [0.4, 0.5) is 10.1 Å². The Labute approximate surface area is 126 Å². The number of rotatable bonds is 3. The number of halogens is 2. The van der Waals surface area contributed by atoms with Crippen molar-refractivity contribution in [1.29, 1.82) is 0 Å². The van der Waals surface area contributed by atoms with Crippen molar-refractivity contribution in [2.45, 2.75) is 19.3 Å². The smallest absolute Gasteiger partial charge is 0.307 e. The fourth-order valence-electron chi connectivity index (χ4n) is 3.82. The number of benzene rings is 1. The highest BCUT2D eigenvalue weighted by Gasteiger charge is 2.53. The van der Waals surface area contributed by atoms with Crippen LogP contribution in [0.1, 0.15) is 19.3 Å². The maximum absolute atomic E-state index is 13.1. The monoisotopic (exact) mass is 311 g/mol. The molecule has 0 aromatic heterocycles. The fourth-order valence-corrected chi connectivity index (χ4v) is 4.00. The van der Waals surface area contributed by atoms with Gasteiger partial charge in [-0.2, -0.15) is 0 Å². The van der Waals surface area contributed by atoms with E-state index in [1.165, 1.54) is 18.2 Å². The highest BCUT2D eigenvalue weighted by molar-refractivity contribution is 6.31. The number of fused-ring (bicyclic) bond motifs is 2. The summed E-state index contributed by atoms with van der Waals surface area (Å²) in [5.74, 6) is -2.66. The number of carbonyl (C=O) groups excluding carboxylic acids is 1. The normalized spacial score (nSPS) is 30.4. The average molecular weight is 312 g/mol. The molecular weight excluding hydrogens is 297 g/mol. The van der Waals surface area contributed by atoms with E-state index in [0.29, 0.717) is 5.69 Å². The van der Waals surface area contributed by atoms with Gasteiger partial charge in [-0.3, -0.25) is 9.59 Å². The van der Waals surface area contributed by atoms with Gasteiger partial charge in [-0.25, -0.2) is 4.39 Å². The molecule has 4 nitrogen and oxygen atoms in total. The number of carboxylic acid groups (broad SMARTS) is 1. The van der Waals surface area contributed by atoms with Gasteiger partial charge in [-0.1, -0.05) is 11.6 Å². The second-order valence-corrected chi connectivity index (χ2v) is 6.25. The standard InChI is InChI=1S/C15H15ClFNO3/c16-10-6-9(3-4-11(10)17)18-14(19)12-7-1-2-8(5-7)13(12)15(20)21/h3-4,6-8,12-13H,1-2,5H2,(H,18,19)(H,20,21)/t7-,8-,12+,13-/m0/s1. The van der Waals surface area contributed by atoms with E-state index in [9.17, 15) is 19.1 Å². The van der Waals surface area contributed by atoms with Crippen molar-refractivity contribution in [3.8, 4) is 0 Å². The lowest BCUT2D eigenvalue weighted by atomic mass is 9.78. The summed E-state index contributed by atoms with van der Waals surface area (Å²) in [6.45, 7) is 0. The van der Waals surface area contributed by atoms with Gasteiger partial charge >= 0.3 is 5.97 Å². The molecule has 0 saturated heterocycles. The first-order chi connectivity index (χ1) is 9.97. The molecule has 0 aliphatic heterocycles. The highest BCUT2D eigenvalue weighted by Crippen LogP contribution is 2.52. The van der Waals surface area contributed by atoms with Crippen LogP contribution in [0, 0.1) is 29.5 Å². The minimum absolute atomic E-state index is 0.0736. The summed E-state index contributed by atoms with van der Waals surface area (Å²) in [6.07, 6.45) is 2.59. The van der Waals surface area contributed by atoms with Crippen LogP contribution < -0.4 is 5.32 Å². The van der Waals surface area contributed by atoms with Crippen molar-refractivity contribution in [3.05, 3.63) is 29.0 Å². The number of carboxylic acids is 1. The van der Waals surface area contributed by atoms with Gasteiger partial charge in [0.25, 0.3) is 0 Å². The molecule has 3 rings (SSSR count). The first-order valence-electron chi connectivity index (χ1n) is 6.96. The molecule has 0 unspecified atom stereocenters. The molecule has 21 heavy (non-hydrogen) atoms. The Hall–Kier alpha value is -1.62. The SMILES string of the molecule is O=C(Nc1ccc(F)c(Cl)c1)[C@@H]1[C@H]2CC[C@@H](C2)[C@@H]1C(=O)O. The van der Waals surface area contributed by atoms with Crippen molar-refractivity contribution in [3.63, 3.8) is 0 Å². The Balaban J connectivity index is 1.78. The molecule has 1 aromatic carbocycles. The molecule has 2 fully saturated rings. The van der Waals surface area contributed by atoms with E-state index >= 15 is 0 Å². The van der Waals surface area contributed by atoms with E-state index in [1.54, 1.807) is 0 Å². The zero-order valence-corrected chi connectivity index (χ0v) is 11.9. The van der Waals surface area contributed by atoms with E-state index in [0.717, 1.165) is 19.3 Å². The number of nitrogens with one attached hydrogen (secondary N) is 1. The summed E-state index contributed by atoms with van der Waals surface area (Å²) in [5.41, 5.74) is 0.387. The number of hydrogen-bond donors (Lipinski definition) is 2. The molecule has 6 heteroatoms. The quantitative estimate of drug-likeness (QED) is 0.901. The molecule has 2 bridgehead atoms. The molecule has 112 valence electrons. The number of carbonyl (C=O) groups is 2. The fraction of sp³-hybridized carbons (Fsp3) is 0.467. The second kappa shape index (κ2) is 5.30. The molecule has 0 spiro atoms. The Morgan fingerprint density at radius 1 is 1.24 bits per heavy atom. The van der Waals surface area contributed by atoms with Crippen LogP contribution in [0.2, 0.25) is 5.02 Å². The summed E-state index contributed by atoms with van der Waals surface area (Å²) in [7, 11) is 0. The Bertz CT molecular complexity index is 607. The third kappa shape index (κ3) is 2.50. The molecule has 0 heterocycles. The second-order valence-electron chi connectivity index (χ2n) is 5.84. The lowest BCUT2D eigenvalue weighted by Crippen LogP contribution is -2.37. The number of aliphatic carboxylic acids is 1. The Morgan fingerprint density at radius 2 is 1.90 bits per heavy atom. The molecule has 2 N–H and O–H groups in total. The van der Waals surface area contributed by atoms with Crippen LogP contribution in [0.25, 0.3) is 0 Å². The summed E-state index contributed by atoms with van der Waals surface area (Å²) in [5, 5.41) is 11.9. The summed E-state index contributed by atoms with van der Waals surface area (Å²) in [6, 6.07) is 3.92. The first-order valence-corrected chi connectivity index (χ1v) is 7.34. The lowest BCUT2D eigenvalue weighted by molar-refractivity contribution is -0.148. The maximum atomic E-state index is 13.1. The first kappa shape index (κ1) is 14.3. The molecule has 0 radical (unpaired) electrons. The van der Waals surface area contributed by atoms with Crippen molar-refractivity contribution in [1.82, 2.24) is 0 Å². The van der Waals surface area contributed by atoms with Gasteiger partial charge in [0.05, 0.1) is 16.9 Å². The largest absolute Gasteiger partial charge is 0.481 e. The van der Waals surface area contributed by atoms with Gasteiger partial charge in [0, 0.05) is 5.69 Å². The third-order valence-electron chi connectivity index (χ3n) is 4.69. The van der Waals surface area contributed by atoms with Gasteiger partial charge in [0.2, 0.25) is 5.91 Å². The Kier molecular flexibility index (Phi) is 3.61. The summed E-state index contributed by atoms with van der Waals surface area (Å²) >= 11 is 5.68. The molecular formula is C15H15ClFNO3. The zero-order chi connectivity index (χ0) is 15.1. The van der Waals surface area contributed by atoms with Crippen molar-refractivity contribution < 1.29 is 19.1 Å². The summed E-state index contributed by atoms with van der Waals surface area (Å²) in [4.78, 5) is 23.8. The number of anilines is 1. The highest BCUT2D eigenvalue weighted by atomic mass is 35.5. The average Bonchev–Trinajstić information content (AvgIpc) is 3.03. The van der Waals surface area contributed by atoms with Crippen LogP contribution in [0.5, 0.6) is 0 Å².